The fourth-order valence-electron chi connectivity index (χ4n) is 3.16. The minimum Gasteiger partial charge on any atom is -1.00 e. The first kappa shape index (κ1) is 24.8. The van der Waals surface area contributed by atoms with Crippen molar-refractivity contribution in [3.63, 3.8) is 0 Å². The van der Waals surface area contributed by atoms with Gasteiger partial charge in [0.25, 0.3) is 0 Å². The second-order valence-corrected chi connectivity index (χ2v) is 9.02. The Morgan fingerprint density at radius 1 is 0.929 bits per heavy atom. The number of hydrogen-bond acceptors (Lipinski definition) is 0. The Balaban J connectivity index is 0.000000302. The third-order valence-electron chi connectivity index (χ3n) is 4.21. The van der Waals surface area contributed by atoms with E-state index in [4.69, 9.17) is 0 Å². The maximum Gasteiger partial charge on any atom is -0.0246 e. The zero-order chi connectivity index (χ0) is 18.4. The Morgan fingerprint density at radius 3 is 2.32 bits per heavy atom. The average molecular weight is 485 g/mol. The molecule has 3 aromatic carbocycles. The van der Waals surface area contributed by atoms with Crippen molar-refractivity contribution >= 4 is 14.0 Å². The van der Waals surface area contributed by atoms with Crippen molar-refractivity contribution in [2.75, 3.05) is 0 Å². The number of hydrogen-bond donors (Lipinski definition) is 0. The molecule has 0 heterocycles. The summed E-state index contributed by atoms with van der Waals surface area (Å²) < 4.78 is 1.51. The van der Waals surface area contributed by atoms with Crippen LogP contribution >= 0.6 is 0 Å². The molecule has 3 aromatic rings. The zero-order valence-corrected chi connectivity index (χ0v) is 20.1. The minimum absolute atomic E-state index is 0. The predicted octanol–water partition coefficient (Wildman–Crippen LogP) is 0.270. The molecule has 5 rings (SSSR count). The minimum atomic E-state index is 0. The molecule has 142 valence electrons. The molecular weight excluding hydrogens is 462 g/mol. The van der Waals surface area contributed by atoms with Gasteiger partial charge in [-0.25, -0.2) is 12.2 Å². The summed E-state index contributed by atoms with van der Waals surface area (Å²) in [5, 5.41) is 2.57. The van der Waals surface area contributed by atoms with Gasteiger partial charge in [-0.3, -0.25) is 6.08 Å². The van der Waals surface area contributed by atoms with Gasteiger partial charge in [0.2, 0.25) is 0 Å². The van der Waals surface area contributed by atoms with Crippen LogP contribution in [0.15, 0.2) is 72.8 Å². The summed E-state index contributed by atoms with van der Waals surface area (Å²) in [5.74, 6) is 0. The molecule has 28 heavy (non-hydrogen) atoms. The van der Waals surface area contributed by atoms with E-state index >= 15 is 0 Å². The molecule has 0 nitrogen and oxygen atoms in total. The van der Waals surface area contributed by atoms with Gasteiger partial charge in [0.15, 0.2) is 0 Å². The number of benzene rings is 3. The Hall–Kier alpha value is -1.27. The second-order valence-electron chi connectivity index (χ2n) is 6.56. The summed E-state index contributed by atoms with van der Waals surface area (Å²) in [4.78, 5) is 0. The molecule has 0 saturated carbocycles. The van der Waals surface area contributed by atoms with Crippen molar-refractivity contribution in [3.05, 3.63) is 96.1 Å². The van der Waals surface area contributed by atoms with E-state index in [0.29, 0.717) is 0 Å². The normalized spacial score (nSPS) is 11.7. The molecule has 0 aliphatic heterocycles. The Labute approximate surface area is 195 Å². The van der Waals surface area contributed by atoms with Gasteiger partial charge < -0.3 is 24.8 Å². The van der Waals surface area contributed by atoms with E-state index in [9.17, 15) is 0 Å². The molecule has 2 aliphatic rings. The molecule has 0 fully saturated rings. The molecule has 3 heteroatoms. The van der Waals surface area contributed by atoms with Crippen LogP contribution in [0.5, 0.6) is 0 Å². The van der Waals surface area contributed by atoms with E-state index < -0.39 is 0 Å². The van der Waals surface area contributed by atoms with E-state index in [0.717, 1.165) is 12.8 Å². The third-order valence-corrected chi connectivity index (χ3v) is 4.21. The Bertz CT molecular complexity index is 973. The fraction of sp³-hybridized carbons (Fsp3) is 0.160. The van der Waals surface area contributed by atoms with Crippen molar-refractivity contribution in [1.29, 1.82) is 0 Å². The quantitative estimate of drug-likeness (QED) is 0.315. The fourth-order valence-corrected chi connectivity index (χ4v) is 3.16. The molecule has 0 radical (unpaired) electrons. The second kappa shape index (κ2) is 12.3. The van der Waals surface area contributed by atoms with Gasteiger partial charge in [-0.15, -0.1) is 47.0 Å². The molecule has 0 aromatic heterocycles. The third kappa shape index (κ3) is 6.38. The van der Waals surface area contributed by atoms with Crippen LogP contribution in [-0.4, -0.2) is 3.21 Å². The number of halogens is 2. The van der Waals surface area contributed by atoms with Gasteiger partial charge in [0, 0.05) is 0 Å². The largest absolute Gasteiger partial charge is 1.00 e. The Kier molecular flexibility index (Phi) is 10.9. The van der Waals surface area contributed by atoms with Crippen LogP contribution in [0.1, 0.15) is 31.4 Å². The van der Waals surface area contributed by atoms with Gasteiger partial charge in [-0.1, -0.05) is 42.0 Å². The average Bonchev–Trinajstić information content (AvgIpc) is 3.32. The van der Waals surface area contributed by atoms with E-state index in [1.54, 1.807) is 24.2 Å². The van der Waals surface area contributed by atoms with Crippen LogP contribution in [0.3, 0.4) is 0 Å². The number of rotatable bonds is 0. The van der Waals surface area contributed by atoms with Crippen LogP contribution in [-0.2, 0) is 30.7 Å². The van der Waals surface area contributed by atoms with Crippen molar-refractivity contribution in [2.45, 2.75) is 26.7 Å². The van der Waals surface area contributed by atoms with E-state index in [1.807, 2.05) is 18.2 Å². The standard InChI is InChI=1S/C17H11.C5H5.C3H6.2ClH.Zr/c1-3-7-14-12(5-1)9-10-16-15-8-4-2-6-13(15)11-17(14)16;1-2-4-5-3-1;1-3-2;;;/h1-6,8-10H,11H2;1-3H,4H2;1-2H3;2*1H;/q2*-1;;;;+2/p-2. The van der Waals surface area contributed by atoms with Gasteiger partial charge >= 0.3 is 41.3 Å². The molecule has 0 spiro atoms. The monoisotopic (exact) mass is 482 g/mol. The van der Waals surface area contributed by atoms with Crippen LogP contribution in [0.2, 0.25) is 0 Å². The smallest absolute Gasteiger partial charge is 0.0246 e. The summed E-state index contributed by atoms with van der Waals surface area (Å²) in [6, 6.07) is 22.7. The van der Waals surface area contributed by atoms with Crippen molar-refractivity contribution in [2.24, 2.45) is 0 Å². The van der Waals surface area contributed by atoms with Gasteiger partial charge in [-0.2, -0.15) is 6.08 Å². The van der Waals surface area contributed by atoms with Crippen molar-refractivity contribution in [1.82, 2.24) is 0 Å². The summed E-state index contributed by atoms with van der Waals surface area (Å²) in [7, 11) is 0. The van der Waals surface area contributed by atoms with Crippen LogP contribution in [0.25, 0.3) is 21.9 Å². The molecule has 2 aliphatic carbocycles. The SMILES string of the molecule is C[C](C)=[Zr+2].[C-]1=CC=CC1.[Cl-].[Cl-].[c-]1cccc2ccc3c(c12)Cc1ccccc1-3. The molecule has 0 bridgehead atoms. The first-order valence-electron chi connectivity index (χ1n) is 8.91. The van der Waals surface area contributed by atoms with E-state index in [1.165, 1.54) is 36.2 Å². The summed E-state index contributed by atoms with van der Waals surface area (Å²) in [5.41, 5.74) is 5.65. The summed E-state index contributed by atoms with van der Waals surface area (Å²) in [6.07, 6.45) is 11.0. The first-order chi connectivity index (χ1) is 12.7. The van der Waals surface area contributed by atoms with Gasteiger partial charge in [0.05, 0.1) is 0 Å². The first-order valence-corrected chi connectivity index (χ1v) is 10.1. The summed E-state index contributed by atoms with van der Waals surface area (Å²) >= 11 is 1.55. The van der Waals surface area contributed by atoms with Crippen molar-refractivity contribution < 1.29 is 49.0 Å². The molecule has 0 atom stereocenters. The number of fused-ring (bicyclic) bond motifs is 5. The maximum atomic E-state index is 3.39. The van der Waals surface area contributed by atoms with Crippen molar-refractivity contribution in [3.8, 4) is 11.1 Å². The van der Waals surface area contributed by atoms with E-state index in [-0.39, 0.29) is 24.8 Å². The molecular formula is C25H22Cl2Zr-2. The zero-order valence-electron chi connectivity index (χ0n) is 16.1. The van der Waals surface area contributed by atoms with E-state index in [2.05, 4.69) is 80.6 Å². The molecule has 0 N–H and O–H groups in total. The number of allylic oxidation sites excluding steroid dienone is 4. The topological polar surface area (TPSA) is 0 Å². The molecule has 0 unspecified atom stereocenters. The van der Waals surface area contributed by atoms with Crippen LogP contribution in [0, 0.1) is 12.1 Å². The molecule has 0 amide bonds. The summed E-state index contributed by atoms with van der Waals surface area (Å²) in [6.45, 7) is 4.25. The van der Waals surface area contributed by atoms with Gasteiger partial charge in [-0.05, 0) is 17.5 Å². The van der Waals surface area contributed by atoms with Crippen LogP contribution < -0.4 is 24.8 Å². The Morgan fingerprint density at radius 2 is 1.68 bits per heavy atom. The predicted molar refractivity (Wildman–Crippen MR) is 109 cm³/mol. The molecule has 0 saturated heterocycles. The maximum absolute atomic E-state index is 3.39. The van der Waals surface area contributed by atoms with Gasteiger partial charge in [0.1, 0.15) is 0 Å². The van der Waals surface area contributed by atoms with Crippen LogP contribution in [0.4, 0.5) is 0 Å².